The average Bonchev–Trinajstić information content (AvgIpc) is 1.97. The summed E-state index contributed by atoms with van der Waals surface area (Å²) in [5.41, 5.74) is 0.141. The van der Waals surface area contributed by atoms with E-state index in [1.54, 1.807) is 6.07 Å². The number of hydrogen-bond donors (Lipinski definition) is 0. The number of hydrogen-bond acceptors (Lipinski definition) is 2. The van der Waals surface area contributed by atoms with Gasteiger partial charge in [0, 0.05) is 3.57 Å². The van der Waals surface area contributed by atoms with E-state index in [2.05, 4.69) is 38.5 Å². The molecule has 0 bridgehead atoms. The lowest BCUT2D eigenvalue weighted by Crippen LogP contribution is -1.94. The molecular formula is C6H2BrI2NO2. The third kappa shape index (κ3) is 2.08. The summed E-state index contributed by atoms with van der Waals surface area (Å²) >= 11 is 7.17. The van der Waals surface area contributed by atoms with Crippen LogP contribution in [0.5, 0.6) is 0 Å². The van der Waals surface area contributed by atoms with E-state index in [1.807, 2.05) is 28.7 Å². The van der Waals surface area contributed by atoms with E-state index in [9.17, 15) is 10.1 Å². The van der Waals surface area contributed by atoms with Crippen LogP contribution in [0.3, 0.4) is 0 Å². The molecule has 0 aliphatic heterocycles. The van der Waals surface area contributed by atoms with Gasteiger partial charge in [-0.3, -0.25) is 10.1 Å². The SMILES string of the molecule is O=[N+]([O-])c1c(Br)ccc(I)c1I. The maximum absolute atomic E-state index is 10.6. The van der Waals surface area contributed by atoms with Crippen molar-refractivity contribution in [2.24, 2.45) is 0 Å². The third-order valence-corrected chi connectivity index (χ3v) is 4.87. The minimum absolute atomic E-state index is 0.141. The Morgan fingerprint density at radius 1 is 1.42 bits per heavy atom. The summed E-state index contributed by atoms with van der Waals surface area (Å²) < 4.78 is 2.09. The van der Waals surface area contributed by atoms with Crippen LogP contribution < -0.4 is 0 Å². The molecule has 0 unspecified atom stereocenters. The monoisotopic (exact) mass is 453 g/mol. The Hall–Kier alpha value is 0.560. The van der Waals surface area contributed by atoms with Gasteiger partial charge in [-0.25, -0.2) is 0 Å². The highest BCUT2D eigenvalue weighted by Crippen LogP contribution is 2.32. The number of benzene rings is 1. The van der Waals surface area contributed by atoms with E-state index >= 15 is 0 Å². The van der Waals surface area contributed by atoms with E-state index in [0.29, 0.717) is 8.04 Å². The lowest BCUT2D eigenvalue weighted by molar-refractivity contribution is -0.386. The van der Waals surface area contributed by atoms with Crippen molar-refractivity contribution in [3.05, 3.63) is 33.9 Å². The van der Waals surface area contributed by atoms with Gasteiger partial charge in [0.1, 0.15) is 3.57 Å². The zero-order valence-electron chi connectivity index (χ0n) is 5.55. The first-order chi connectivity index (χ1) is 5.54. The highest BCUT2D eigenvalue weighted by atomic mass is 127. The molecule has 0 atom stereocenters. The quantitative estimate of drug-likeness (QED) is 0.282. The second kappa shape index (κ2) is 4.18. The molecule has 0 radical (unpaired) electrons. The maximum Gasteiger partial charge on any atom is 0.297 e. The fraction of sp³-hybridized carbons (Fsp3) is 0. The average molecular weight is 454 g/mol. The second-order valence-electron chi connectivity index (χ2n) is 1.95. The minimum Gasteiger partial charge on any atom is -0.258 e. The van der Waals surface area contributed by atoms with Gasteiger partial charge >= 0.3 is 0 Å². The molecule has 1 rings (SSSR count). The highest BCUT2D eigenvalue weighted by Gasteiger charge is 2.18. The highest BCUT2D eigenvalue weighted by molar-refractivity contribution is 14.1. The maximum atomic E-state index is 10.6. The van der Waals surface area contributed by atoms with E-state index in [-0.39, 0.29) is 10.6 Å². The van der Waals surface area contributed by atoms with Crippen molar-refractivity contribution in [1.82, 2.24) is 0 Å². The molecule has 0 N–H and O–H groups in total. The van der Waals surface area contributed by atoms with Crippen molar-refractivity contribution in [3.8, 4) is 0 Å². The van der Waals surface area contributed by atoms with E-state index in [0.717, 1.165) is 3.57 Å². The number of halogens is 3. The van der Waals surface area contributed by atoms with Crippen molar-refractivity contribution >= 4 is 66.8 Å². The van der Waals surface area contributed by atoms with Crippen LogP contribution in [0.2, 0.25) is 0 Å². The first-order valence-corrected chi connectivity index (χ1v) is 5.77. The van der Waals surface area contributed by atoms with Gasteiger partial charge in [0.15, 0.2) is 0 Å². The van der Waals surface area contributed by atoms with Crippen LogP contribution in [-0.2, 0) is 0 Å². The third-order valence-electron chi connectivity index (χ3n) is 1.20. The summed E-state index contributed by atoms with van der Waals surface area (Å²) in [6, 6.07) is 3.52. The fourth-order valence-corrected chi connectivity index (χ4v) is 2.63. The summed E-state index contributed by atoms with van der Waals surface area (Å²) in [5, 5.41) is 10.6. The topological polar surface area (TPSA) is 43.1 Å². The molecule has 0 saturated heterocycles. The molecule has 12 heavy (non-hydrogen) atoms. The Bertz CT molecular complexity index is 343. The Morgan fingerprint density at radius 2 is 2.00 bits per heavy atom. The van der Waals surface area contributed by atoms with E-state index < -0.39 is 0 Å². The van der Waals surface area contributed by atoms with Gasteiger partial charge in [0.25, 0.3) is 5.69 Å². The molecule has 0 spiro atoms. The van der Waals surface area contributed by atoms with Crippen molar-refractivity contribution in [2.75, 3.05) is 0 Å². The molecule has 1 aromatic carbocycles. The van der Waals surface area contributed by atoms with Gasteiger partial charge in [-0.05, 0) is 73.2 Å². The van der Waals surface area contributed by atoms with Gasteiger partial charge in [-0.1, -0.05) is 0 Å². The molecular weight excluding hydrogens is 452 g/mol. The number of rotatable bonds is 1. The van der Waals surface area contributed by atoms with Gasteiger partial charge in [0.2, 0.25) is 0 Å². The van der Waals surface area contributed by atoms with E-state index in [4.69, 9.17) is 0 Å². The van der Waals surface area contributed by atoms with Gasteiger partial charge in [-0.2, -0.15) is 0 Å². The summed E-state index contributed by atoms with van der Waals surface area (Å²) in [6.45, 7) is 0. The standard InChI is InChI=1S/C6H2BrI2NO2/c7-3-1-2-4(8)5(9)6(3)10(11)12/h1-2H. The van der Waals surface area contributed by atoms with Crippen molar-refractivity contribution in [3.63, 3.8) is 0 Å². The predicted octanol–water partition coefficient (Wildman–Crippen LogP) is 3.57. The molecule has 64 valence electrons. The zero-order chi connectivity index (χ0) is 9.30. The van der Waals surface area contributed by atoms with Crippen LogP contribution in [0.15, 0.2) is 16.6 Å². The van der Waals surface area contributed by atoms with Crippen molar-refractivity contribution < 1.29 is 4.92 Å². The van der Waals surface area contributed by atoms with E-state index in [1.165, 1.54) is 0 Å². The Kier molecular flexibility index (Phi) is 3.71. The van der Waals surface area contributed by atoms with Gasteiger partial charge < -0.3 is 0 Å². The summed E-state index contributed by atoms with van der Waals surface area (Å²) in [5.74, 6) is 0. The largest absolute Gasteiger partial charge is 0.297 e. The lowest BCUT2D eigenvalue weighted by atomic mass is 10.3. The van der Waals surface area contributed by atoms with Crippen LogP contribution >= 0.6 is 61.1 Å². The van der Waals surface area contributed by atoms with Gasteiger partial charge in [-0.15, -0.1) is 0 Å². The number of nitro benzene ring substituents is 1. The Morgan fingerprint density at radius 3 is 2.42 bits per heavy atom. The zero-order valence-corrected chi connectivity index (χ0v) is 11.5. The summed E-state index contributed by atoms with van der Waals surface area (Å²) in [6.07, 6.45) is 0. The van der Waals surface area contributed by atoms with Crippen LogP contribution in [0.4, 0.5) is 5.69 Å². The smallest absolute Gasteiger partial charge is 0.258 e. The molecule has 6 heteroatoms. The molecule has 0 aromatic heterocycles. The minimum atomic E-state index is -0.381. The molecule has 0 fully saturated rings. The van der Waals surface area contributed by atoms with Crippen LogP contribution in [0.1, 0.15) is 0 Å². The summed E-state index contributed by atoms with van der Waals surface area (Å²) in [4.78, 5) is 10.2. The number of nitro groups is 1. The molecule has 0 aliphatic carbocycles. The molecule has 3 nitrogen and oxygen atoms in total. The van der Waals surface area contributed by atoms with Crippen LogP contribution in [-0.4, -0.2) is 4.92 Å². The number of nitrogens with zero attached hydrogens (tertiary/aromatic N) is 1. The molecule has 0 saturated carbocycles. The van der Waals surface area contributed by atoms with Crippen molar-refractivity contribution in [1.29, 1.82) is 0 Å². The molecule has 0 amide bonds. The fourth-order valence-electron chi connectivity index (χ4n) is 0.684. The summed E-state index contributed by atoms with van der Waals surface area (Å²) in [7, 11) is 0. The normalized spacial score (nSPS) is 9.92. The lowest BCUT2D eigenvalue weighted by Gasteiger charge is -1.99. The second-order valence-corrected chi connectivity index (χ2v) is 5.04. The van der Waals surface area contributed by atoms with Crippen molar-refractivity contribution in [2.45, 2.75) is 0 Å². The molecule has 0 aliphatic rings. The van der Waals surface area contributed by atoms with Crippen LogP contribution in [0.25, 0.3) is 0 Å². The molecule has 1 aromatic rings. The Labute approximate surface area is 104 Å². The van der Waals surface area contributed by atoms with Gasteiger partial charge in [0.05, 0.1) is 9.40 Å². The first-order valence-electron chi connectivity index (χ1n) is 2.82. The van der Waals surface area contributed by atoms with Crippen LogP contribution in [0, 0.1) is 17.3 Å². The predicted molar refractivity (Wildman–Crippen MR) is 66.2 cm³/mol. The molecule has 0 heterocycles. The first kappa shape index (κ1) is 10.6. The Balaban J connectivity index is 3.43.